The SMILES string of the molecule is C=CCNC(=NCc1cc(C)oc1C)NCC. The van der Waals surface area contributed by atoms with Crippen molar-refractivity contribution < 1.29 is 4.42 Å². The molecule has 94 valence electrons. The fraction of sp³-hybridized carbons (Fsp3) is 0.462. The molecule has 0 fully saturated rings. The highest BCUT2D eigenvalue weighted by Gasteiger charge is 2.04. The number of furan rings is 1. The van der Waals surface area contributed by atoms with Crippen molar-refractivity contribution in [1.29, 1.82) is 0 Å². The van der Waals surface area contributed by atoms with Gasteiger partial charge < -0.3 is 15.1 Å². The summed E-state index contributed by atoms with van der Waals surface area (Å²) in [7, 11) is 0. The number of guanidine groups is 1. The van der Waals surface area contributed by atoms with E-state index in [-0.39, 0.29) is 0 Å². The Kier molecular flexibility index (Phi) is 5.33. The average Bonchev–Trinajstić information content (AvgIpc) is 2.61. The molecule has 0 atom stereocenters. The van der Waals surface area contributed by atoms with Gasteiger partial charge in [0.2, 0.25) is 0 Å². The maximum Gasteiger partial charge on any atom is 0.191 e. The molecule has 0 aliphatic rings. The summed E-state index contributed by atoms with van der Waals surface area (Å²) in [4.78, 5) is 4.48. The van der Waals surface area contributed by atoms with Gasteiger partial charge in [0.15, 0.2) is 5.96 Å². The van der Waals surface area contributed by atoms with Crippen LogP contribution >= 0.6 is 0 Å². The number of rotatable bonds is 5. The van der Waals surface area contributed by atoms with Crippen LogP contribution in [0.2, 0.25) is 0 Å². The van der Waals surface area contributed by atoms with E-state index in [0.29, 0.717) is 13.1 Å². The molecule has 1 rings (SSSR count). The maximum absolute atomic E-state index is 5.46. The van der Waals surface area contributed by atoms with Crippen LogP contribution in [0, 0.1) is 13.8 Å². The van der Waals surface area contributed by atoms with E-state index in [0.717, 1.165) is 29.6 Å². The van der Waals surface area contributed by atoms with Crippen molar-refractivity contribution in [3.05, 3.63) is 35.8 Å². The topological polar surface area (TPSA) is 49.6 Å². The molecular formula is C13H21N3O. The van der Waals surface area contributed by atoms with Gasteiger partial charge in [-0.25, -0.2) is 4.99 Å². The van der Waals surface area contributed by atoms with Gasteiger partial charge in [-0.1, -0.05) is 6.08 Å². The lowest BCUT2D eigenvalue weighted by atomic mass is 10.2. The normalized spacial score (nSPS) is 11.4. The molecule has 1 heterocycles. The zero-order valence-electron chi connectivity index (χ0n) is 10.8. The number of hydrogen-bond donors (Lipinski definition) is 2. The highest BCUT2D eigenvalue weighted by Crippen LogP contribution is 2.14. The molecule has 4 heteroatoms. The van der Waals surface area contributed by atoms with Crippen LogP contribution in [0.1, 0.15) is 24.0 Å². The van der Waals surface area contributed by atoms with Crippen LogP contribution < -0.4 is 10.6 Å². The van der Waals surface area contributed by atoms with E-state index < -0.39 is 0 Å². The third kappa shape index (κ3) is 4.34. The molecule has 0 unspecified atom stereocenters. The van der Waals surface area contributed by atoms with E-state index >= 15 is 0 Å². The van der Waals surface area contributed by atoms with Crippen molar-refractivity contribution in [2.75, 3.05) is 13.1 Å². The van der Waals surface area contributed by atoms with Crippen molar-refractivity contribution in [1.82, 2.24) is 10.6 Å². The smallest absolute Gasteiger partial charge is 0.191 e. The first kappa shape index (κ1) is 13.4. The summed E-state index contributed by atoms with van der Waals surface area (Å²) in [5.74, 6) is 2.66. The molecule has 0 aliphatic carbocycles. The van der Waals surface area contributed by atoms with Crippen LogP contribution in [0.3, 0.4) is 0 Å². The second kappa shape index (κ2) is 6.78. The van der Waals surface area contributed by atoms with E-state index in [1.807, 2.05) is 26.8 Å². The summed E-state index contributed by atoms with van der Waals surface area (Å²) >= 11 is 0. The monoisotopic (exact) mass is 235 g/mol. The Morgan fingerprint density at radius 1 is 1.47 bits per heavy atom. The van der Waals surface area contributed by atoms with Gasteiger partial charge in [0.05, 0.1) is 6.54 Å². The quantitative estimate of drug-likeness (QED) is 0.467. The molecule has 0 saturated heterocycles. The zero-order chi connectivity index (χ0) is 12.7. The van der Waals surface area contributed by atoms with E-state index in [9.17, 15) is 0 Å². The van der Waals surface area contributed by atoms with E-state index in [1.54, 1.807) is 6.08 Å². The third-order valence-electron chi connectivity index (χ3n) is 2.31. The highest BCUT2D eigenvalue weighted by atomic mass is 16.3. The molecule has 0 amide bonds. The molecule has 1 aromatic rings. The summed E-state index contributed by atoms with van der Waals surface area (Å²) in [5, 5.41) is 6.33. The van der Waals surface area contributed by atoms with Crippen LogP contribution in [0.15, 0.2) is 28.1 Å². The Balaban J connectivity index is 2.64. The number of aliphatic imine (C=N–C) groups is 1. The maximum atomic E-state index is 5.46. The first-order valence-corrected chi connectivity index (χ1v) is 5.86. The zero-order valence-corrected chi connectivity index (χ0v) is 10.8. The first-order chi connectivity index (χ1) is 8.17. The third-order valence-corrected chi connectivity index (χ3v) is 2.31. The lowest BCUT2D eigenvalue weighted by molar-refractivity contribution is 0.501. The van der Waals surface area contributed by atoms with Crippen LogP contribution in [0.5, 0.6) is 0 Å². The molecule has 0 aliphatic heterocycles. The average molecular weight is 235 g/mol. The Hall–Kier alpha value is -1.71. The van der Waals surface area contributed by atoms with Gasteiger partial charge in [-0.2, -0.15) is 0 Å². The minimum absolute atomic E-state index is 0.621. The fourth-order valence-electron chi connectivity index (χ4n) is 1.52. The highest BCUT2D eigenvalue weighted by molar-refractivity contribution is 5.79. The molecule has 0 spiro atoms. The standard InChI is InChI=1S/C13H21N3O/c1-5-7-15-13(14-6-2)16-9-12-8-10(3)17-11(12)4/h5,8H,1,6-7,9H2,2-4H3,(H2,14,15,16). The van der Waals surface area contributed by atoms with Crippen LogP contribution in [0.4, 0.5) is 0 Å². The number of aryl methyl sites for hydroxylation is 2. The summed E-state index contributed by atoms with van der Waals surface area (Å²) < 4.78 is 5.46. The molecule has 0 aromatic carbocycles. The predicted octanol–water partition coefficient (Wildman–Crippen LogP) is 2.14. The molecule has 0 radical (unpaired) electrons. The Morgan fingerprint density at radius 3 is 2.76 bits per heavy atom. The second-order valence-electron chi connectivity index (χ2n) is 3.80. The number of nitrogens with zero attached hydrogens (tertiary/aromatic N) is 1. The van der Waals surface area contributed by atoms with E-state index in [2.05, 4.69) is 22.2 Å². The van der Waals surface area contributed by atoms with E-state index in [1.165, 1.54) is 0 Å². The van der Waals surface area contributed by atoms with Gasteiger partial charge >= 0.3 is 0 Å². The van der Waals surface area contributed by atoms with Gasteiger partial charge in [-0.05, 0) is 26.8 Å². The summed E-state index contributed by atoms with van der Waals surface area (Å²) in [5.41, 5.74) is 1.12. The second-order valence-corrected chi connectivity index (χ2v) is 3.80. The van der Waals surface area contributed by atoms with Gasteiger partial charge in [-0.3, -0.25) is 0 Å². The van der Waals surface area contributed by atoms with Crippen LogP contribution in [-0.4, -0.2) is 19.0 Å². The first-order valence-electron chi connectivity index (χ1n) is 5.86. The van der Waals surface area contributed by atoms with E-state index in [4.69, 9.17) is 4.42 Å². The molecule has 4 nitrogen and oxygen atoms in total. The summed E-state index contributed by atoms with van der Waals surface area (Å²) in [6.07, 6.45) is 1.81. The van der Waals surface area contributed by atoms with Gasteiger partial charge in [0.1, 0.15) is 11.5 Å². The number of hydrogen-bond acceptors (Lipinski definition) is 2. The molecular weight excluding hydrogens is 214 g/mol. The van der Waals surface area contributed by atoms with Gasteiger partial charge in [-0.15, -0.1) is 6.58 Å². The van der Waals surface area contributed by atoms with Crippen LogP contribution in [-0.2, 0) is 6.54 Å². The van der Waals surface area contributed by atoms with Crippen molar-refractivity contribution in [2.45, 2.75) is 27.3 Å². The largest absolute Gasteiger partial charge is 0.466 e. The Morgan fingerprint density at radius 2 is 2.24 bits per heavy atom. The minimum Gasteiger partial charge on any atom is -0.466 e. The molecule has 2 N–H and O–H groups in total. The van der Waals surface area contributed by atoms with Crippen molar-refractivity contribution in [3.8, 4) is 0 Å². The predicted molar refractivity (Wildman–Crippen MR) is 71.2 cm³/mol. The van der Waals surface area contributed by atoms with Crippen LogP contribution in [0.25, 0.3) is 0 Å². The molecule has 0 saturated carbocycles. The lowest BCUT2D eigenvalue weighted by Gasteiger charge is -2.08. The molecule has 17 heavy (non-hydrogen) atoms. The Labute approximate surface area is 103 Å². The fourth-order valence-corrected chi connectivity index (χ4v) is 1.52. The summed E-state index contributed by atoms with van der Waals surface area (Å²) in [6, 6.07) is 2.02. The van der Waals surface area contributed by atoms with Crippen molar-refractivity contribution in [2.24, 2.45) is 4.99 Å². The number of nitrogens with one attached hydrogen (secondary N) is 2. The molecule has 1 aromatic heterocycles. The Bertz CT molecular complexity index is 393. The molecule has 0 bridgehead atoms. The minimum atomic E-state index is 0.621. The lowest BCUT2D eigenvalue weighted by Crippen LogP contribution is -2.37. The van der Waals surface area contributed by atoms with Gasteiger partial charge in [0.25, 0.3) is 0 Å². The summed E-state index contributed by atoms with van der Waals surface area (Å²) in [6.45, 7) is 11.8. The van der Waals surface area contributed by atoms with Crippen molar-refractivity contribution >= 4 is 5.96 Å². The van der Waals surface area contributed by atoms with Crippen molar-refractivity contribution in [3.63, 3.8) is 0 Å². The van der Waals surface area contributed by atoms with Gasteiger partial charge in [0, 0.05) is 18.7 Å².